The average molecular weight is 596 g/mol. The summed E-state index contributed by atoms with van der Waals surface area (Å²) in [5.74, 6) is -1.33. The second-order valence-corrected chi connectivity index (χ2v) is 11.8. The van der Waals surface area contributed by atoms with Gasteiger partial charge in [-0.1, -0.05) is 11.8 Å². The summed E-state index contributed by atoms with van der Waals surface area (Å²) in [4.78, 5) is 30.5. The van der Waals surface area contributed by atoms with Crippen LogP contribution in [0.2, 0.25) is 0 Å². The van der Waals surface area contributed by atoms with E-state index in [1.807, 2.05) is 29.7 Å². The maximum atomic E-state index is 14.2. The van der Waals surface area contributed by atoms with Crippen molar-refractivity contribution in [3.05, 3.63) is 75.8 Å². The molecule has 0 spiro atoms. The fourth-order valence-electron chi connectivity index (χ4n) is 5.36. The lowest BCUT2D eigenvalue weighted by Gasteiger charge is -2.36. The summed E-state index contributed by atoms with van der Waals surface area (Å²) in [7, 11) is 1.58. The third-order valence-corrected chi connectivity index (χ3v) is 8.95. The summed E-state index contributed by atoms with van der Waals surface area (Å²) in [6, 6.07) is 8.66. The van der Waals surface area contributed by atoms with Crippen LogP contribution in [0.25, 0.3) is 11.0 Å². The molecule has 0 saturated carbocycles. The minimum atomic E-state index is -1.20. The first-order valence-corrected chi connectivity index (χ1v) is 14.9. The molecule has 2 N–H and O–H groups in total. The van der Waals surface area contributed by atoms with E-state index in [2.05, 4.69) is 38.6 Å². The molecule has 1 aliphatic rings. The molecule has 222 valence electrons. The highest BCUT2D eigenvalue weighted by molar-refractivity contribution is 8.00. The van der Waals surface area contributed by atoms with Crippen molar-refractivity contribution in [2.45, 2.75) is 63.1 Å². The summed E-state index contributed by atoms with van der Waals surface area (Å²) in [5.41, 5.74) is 8.20. The Morgan fingerprint density at radius 1 is 1.19 bits per heavy atom. The molecule has 0 aliphatic carbocycles. The van der Waals surface area contributed by atoms with Crippen LogP contribution in [0.4, 0.5) is 20.3 Å². The van der Waals surface area contributed by atoms with E-state index in [1.165, 1.54) is 11.8 Å². The Labute approximate surface area is 247 Å². The Morgan fingerprint density at radius 3 is 2.69 bits per heavy atom. The van der Waals surface area contributed by atoms with E-state index in [4.69, 9.17) is 10.5 Å². The standard InChI is InChI=1S/C30H35F2N7O2S/c1-5-37(21-8-9-25(33)35-15-21)12-6-7-18(2)38(16-20-10-11-34-26(13-20)41-4)17-23-27(40)22-14-24(31)28(32)36-29(22)39-19(3)42-30(23)39/h8-11,13-15,18-19H,5-7,12,16-17H2,1-4H3,(H2,33,35). The predicted octanol–water partition coefficient (Wildman–Crippen LogP) is 5.38. The number of nitrogen functional groups attached to an aromatic ring is 1. The number of methoxy groups -OCH3 is 1. The van der Waals surface area contributed by atoms with Crippen LogP contribution in [0, 0.1) is 11.8 Å². The molecule has 4 aromatic heterocycles. The predicted molar refractivity (Wildman–Crippen MR) is 162 cm³/mol. The third kappa shape index (κ3) is 6.05. The highest BCUT2D eigenvalue weighted by atomic mass is 32.2. The molecule has 0 saturated heterocycles. The summed E-state index contributed by atoms with van der Waals surface area (Å²) in [5, 5.41) is 0.794. The lowest BCUT2D eigenvalue weighted by atomic mass is 10.1. The summed E-state index contributed by atoms with van der Waals surface area (Å²) >= 11 is 1.54. The van der Waals surface area contributed by atoms with E-state index in [1.54, 1.807) is 25.6 Å². The van der Waals surface area contributed by atoms with Crippen molar-refractivity contribution in [2.24, 2.45) is 0 Å². The van der Waals surface area contributed by atoms with Crippen LogP contribution < -0.4 is 20.8 Å². The van der Waals surface area contributed by atoms with Gasteiger partial charge in [0, 0.05) is 50.0 Å². The number of nitrogens with zero attached hydrogens (tertiary/aromatic N) is 6. The van der Waals surface area contributed by atoms with Crippen molar-refractivity contribution < 1.29 is 13.5 Å². The lowest BCUT2D eigenvalue weighted by Crippen LogP contribution is -2.37. The first-order valence-electron chi connectivity index (χ1n) is 14.0. The lowest BCUT2D eigenvalue weighted by molar-refractivity contribution is 0.177. The Bertz CT molecular complexity index is 1630. The summed E-state index contributed by atoms with van der Waals surface area (Å²) in [6.45, 7) is 8.77. The maximum absolute atomic E-state index is 14.2. The van der Waals surface area contributed by atoms with Crippen molar-refractivity contribution >= 4 is 34.3 Å². The molecule has 9 nitrogen and oxygen atoms in total. The van der Waals surface area contributed by atoms with Crippen LogP contribution in [0.15, 0.2) is 52.5 Å². The van der Waals surface area contributed by atoms with Gasteiger partial charge in [0.25, 0.3) is 5.95 Å². The number of hydrogen-bond acceptors (Lipinski definition) is 9. The van der Waals surface area contributed by atoms with Crippen LogP contribution in [0.5, 0.6) is 5.88 Å². The molecule has 0 radical (unpaired) electrons. The van der Waals surface area contributed by atoms with Crippen LogP contribution >= 0.6 is 11.8 Å². The van der Waals surface area contributed by atoms with E-state index < -0.39 is 11.8 Å². The van der Waals surface area contributed by atoms with Crippen molar-refractivity contribution in [2.75, 3.05) is 30.8 Å². The minimum absolute atomic E-state index is 0.0441. The minimum Gasteiger partial charge on any atom is -0.481 e. The Kier molecular flexibility index (Phi) is 8.93. The van der Waals surface area contributed by atoms with Gasteiger partial charge in [-0.15, -0.1) is 0 Å². The molecule has 12 heteroatoms. The van der Waals surface area contributed by atoms with E-state index in [0.717, 1.165) is 48.3 Å². The van der Waals surface area contributed by atoms with Gasteiger partial charge in [0.1, 0.15) is 11.5 Å². The van der Waals surface area contributed by atoms with Gasteiger partial charge in [0.2, 0.25) is 5.88 Å². The molecule has 0 aromatic carbocycles. The summed E-state index contributed by atoms with van der Waals surface area (Å²) in [6.07, 6.45) is 5.26. The number of pyridine rings is 4. The molecule has 0 amide bonds. The smallest absolute Gasteiger partial charge is 0.250 e. The first kappa shape index (κ1) is 29.7. The number of ether oxygens (including phenoxy) is 1. The maximum Gasteiger partial charge on any atom is 0.250 e. The van der Waals surface area contributed by atoms with Gasteiger partial charge in [-0.05, 0) is 63.4 Å². The number of halogens is 2. The normalized spacial score (nSPS) is 15.0. The van der Waals surface area contributed by atoms with Crippen molar-refractivity contribution in [3.8, 4) is 5.88 Å². The number of anilines is 2. The molecule has 5 rings (SSSR count). The number of hydrogen-bond donors (Lipinski definition) is 1. The molecule has 42 heavy (non-hydrogen) atoms. The van der Waals surface area contributed by atoms with Gasteiger partial charge in [-0.25, -0.2) is 14.4 Å². The molecular formula is C30H35F2N7O2S. The van der Waals surface area contributed by atoms with Gasteiger partial charge in [0.05, 0.1) is 34.8 Å². The van der Waals surface area contributed by atoms with Gasteiger partial charge in [-0.2, -0.15) is 9.37 Å². The first-order chi connectivity index (χ1) is 20.2. The van der Waals surface area contributed by atoms with Crippen LogP contribution in [-0.4, -0.2) is 50.7 Å². The highest BCUT2D eigenvalue weighted by Gasteiger charge is 2.32. The SMILES string of the molecule is CCN(CCCC(C)N(Cc1ccnc(OC)c1)Cc1c2n(c3nc(F)c(F)cc3c1=O)C(C)S2)c1ccc(N)nc1. The second kappa shape index (κ2) is 12.6. The number of thioether (sulfide) groups is 1. The molecule has 2 atom stereocenters. The fourth-order valence-corrected chi connectivity index (χ4v) is 6.49. The molecule has 0 bridgehead atoms. The summed E-state index contributed by atoms with van der Waals surface area (Å²) < 4.78 is 35.4. The van der Waals surface area contributed by atoms with Crippen molar-refractivity contribution in [1.82, 2.24) is 24.4 Å². The monoisotopic (exact) mass is 595 g/mol. The van der Waals surface area contributed by atoms with Crippen molar-refractivity contribution in [1.29, 1.82) is 0 Å². The quantitative estimate of drug-likeness (QED) is 0.216. The molecule has 4 aromatic rings. The molecule has 2 unspecified atom stereocenters. The van der Waals surface area contributed by atoms with Gasteiger partial charge in [0.15, 0.2) is 11.2 Å². The molecule has 1 aliphatic heterocycles. The molecule has 5 heterocycles. The highest BCUT2D eigenvalue weighted by Crippen LogP contribution is 2.46. The molecule has 0 fully saturated rings. The van der Waals surface area contributed by atoms with E-state index in [9.17, 15) is 13.6 Å². The van der Waals surface area contributed by atoms with Gasteiger partial charge >= 0.3 is 0 Å². The zero-order valence-corrected chi connectivity index (χ0v) is 25.0. The Balaban J connectivity index is 1.42. The zero-order chi connectivity index (χ0) is 30.0. The number of rotatable bonds is 12. The van der Waals surface area contributed by atoms with Crippen LogP contribution in [-0.2, 0) is 13.1 Å². The number of nitrogens with two attached hydrogens (primary N) is 1. The number of fused-ring (bicyclic) bond motifs is 3. The van der Waals surface area contributed by atoms with Gasteiger partial charge < -0.3 is 19.9 Å². The largest absolute Gasteiger partial charge is 0.481 e. The molecular weight excluding hydrogens is 560 g/mol. The average Bonchev–Trinajstić information content (AvgIpc) is 2.98. The Morgan fingerprint density at radius 2 is 2.00 bits per heavy atom. The Hall–Kier alpha value is -3.77. The fraction of sp³-hybridized carbons (Fsp3) is 0.400. The van der Waals surface area contributed by atoms with E-state index in [-0.39, 0.29) is 27.9 Å². The van der Waals surface area contributed by atoms with Crippen LogP contribution in [0.3, 0.4) is 0 Å². The van der Waals surface area contributed by atoms with E-state index in [0.29, 0.717) is 30.4 Å². The third-order valence-electron chi connectivity index (χ3n) is 7.73. The van der Waals surface area contributed by atoms with Gasteiger partial charge in [-0.3, -0.25) is 9.69 Å². The van der Waals surface area contributed by atoms with E-state index >= 15 is 0 Å². The van der Waals surface area contributed by atoms with Crippen LogP contribution in [0.1, 0.15) is 50.1 Å². The second-order valence-electron chi connectivity index (χ2n) is 10.5. The van der Waals surface area contributed by atoms with Crippen molar-refractivity contribution in [3.63, 3.8) is 0 Å². The topological polar surface area (TPSA) is 102 Å². The zero-order valence-electron chi connectivity index (χ0n) is 24.2. The number of aromatic nitrogens is 4.